The Morgan fingerprint density at radius 3 is 2.41 bits per heavy atom. The summed E-state index contributed by atoms with van der Waals surface area (Å²) in [6.45, 7) is 7.41. The summed E-state index contributed by atoms with van der Waals surface area (Å²) in [6.07, 6.45) is 7.65. The molecular weight excluding hydrogens is 516 g/mol. The van der Waals surface area contributed by atoms with Crippen LogP contribution in [0.4, 0.5) is 5.69 Å². The number of anilines is 1. The second-order valence-electron chi connectivity index (χ2n) is 10.1. The fourth-order valence-electron chi connectivity index (χ4n) is 4.59. The molecule has 0 atom stereocenters. The number of pyridine rings is 1. The maximum atomic E-state index is 12.6. The maximum absolute atomic E-state index is 12.6. The lowest BCUT2D eigenvalue weighted by molar-refractivity contribution is -0.151. The van der Waals surface area contributed by atoms with Crippen molar-refractivity contribution in [1.29, 1.82) is 0 Å². The number of unbranched alkanes of at least 4 members (excludes halogenated alkanes) is 1. The lowest BCUT2D eigenvalue weighted by Crippen LogP contribution is -2.34. The van der Waals surface area contributed by atoms with E-state index in [1.165, 1.54) is 5.56 Å². The summed E-state index contributed by atoms with van der Waals surface area (Å²) < 4.78 is 11.4. The lowest BCUT2D eigenvalue weighted by Gasteiger charge is -2.25. The Labute approximate surface area is 243 Å². The average molecular weight is 559 g/mol. The van der Waals surface area contributed by atoms with Crippen LogP contribution < -0.4 is 10.1 Å². The first-order valence-corrected chi connectivity index (χ1v) is 14.4. The van der Waals surface area contributed by atoms with Crippen LogP contribution in [-0.2, 0) is 27.4 Å². The second-order valence-corrected chi connectivity index (χ2v) is 10.1. The van der Waals surface area contributed by atoms with Crippen LogP contribution >= 0.6 is 0 Å². The van der Waals surface area contributed by atoms with Gasteiger partial charge in [0.15, 0.2) is 0 Å². The lowest BCUT2D eigenvalue weighted by atomic mass is 9.79. The monoisotopic (exact) mass is 558 g/mol. The highest BCUT2D eigenvalue weighted by Crippen LogP contribution is 2.31. The Hall–Kier alpha value is -3.97. The molecule has 1 amide bonds. The third-order valence-electron chi connectivity index (χ3n) is 7.24. The van der Waals surface area contributed by atoms with Gasteiger partial charge in [0.05, 0.1) is 30.0 Å². The van der Waals surface area contributed by atoms with E-state index in [0.717, 1.165) is 42.0 Å². The van der Waals surface area contributed by atoms with Crippen molar-refractivity contribution in [2.24, 2.45) is 5.41 Å². The van der Waals surface area contributed by atoms with Crippen LogP contribution in [0.2, 0.25) is 0 Å². The SMILES string of the molecule is CCOc1ccc(CCCCOCc2cccc(C=Cc3cccc(NC(=O)CC(CC)(CC)C(=O)O)c3)n2)cc1. The van der Waals surface area contributed by atoms with Crippen molar-refractivity contribution in [2.45, 2.75) is 65.9 Å². The molecule has 0 aliphatic carbocycles. The van der Waals surface area contributed by atoms with Gasteiger partial charge in [0.1, 0.15) is 5.75 Å². The number of carbonyl (C=O) groups excluding carboxylic acids is 1. The van der Waals surface area contributed by atoms with E-state index >= 15 is 0 Å². The number of aromatic nitrogens is 1. The number of benzene rings is 2. The summed E-state index contributed by atoms with van der Waals surface area (Å²) in [6, 6.07) is 21.6. The second kappa shape index (κ2) is 16.3. The van der Waals surface area contributed by atoms with Crippen LogP contribution in [-0.4, -0.2) is 35.2 Å². The highest BCUT2D eigenvalue weighted by molar-refractivity contribution is 5.94. The molecule has 0 saturated heterocycles. The highest BCUT2D eigenvalue weighted by Gasteiger charge is 2.37. The van der Waals surface area contributed by atoms with Crippen molar-refractivity contribution in [3.63, 3.8) is 0 Å². The number of ether oxygens (including phenoxy) is 2. The van der Waals surface area contributed by atoms with Gasteiger partial charge in [-0.15, -0.1) is 0 Å². The van der Waals surface area contributed by atoms with Gasteiger partial charge in [-0.2, -0.15) is 0 Å². The van der Waals surface area contributed by atoms with Crippen LogP contribution in [0, 0.1) is 5.41 Å². The van der Waals surface area contributed by atoms with Crippen LogP contribution in [0.25, 0.3) is 12.2 Å². The van der Waals surface area contributed by atoms with Crippen LogP contribution in [0.1, 0.15) is 75.4 Å². The van der Waals surface area contributed by atoms with E-state index in [9.17, 15) is 14.7 Å². The number of hydrogen-bond donors (Lipinski definition) is 2. The summed E-state index contributed by atoms with van der Waals surface area (Å²) in [5.74, 6) is -0.330. The number of amides is 1. The van der Waals surface area contributed by atoms with Gasteiger partial charge in [-0.3, -0.25) is 14.6 Å². The van der Waals surface area contributed by atoms with Gasteiger partial charge in [0, 0.05) is 18.7 Å². The largest absolute Gasteiger partial charge is 0.494 e. The summed E-state index contributed by atoms with van der Waals surface area (Å²) in [4.78, 5) is 29.0. The first kappa shape index (κ1) is 31.6. The number of carboxylic acids is 1. The van der Waals surface area contributed by atoms with Gasteiger partial charge in [-0.05, 0) is 92.6 Å². The number of carboxylic acid groups (broad SMARTS) is 1. The molecule has 0 aliphatic heterocycles. The van der Waals surface area contributed by atoms with Gasteiger partial charge < -0.3 is 19.9 Å². The molecule has 218 valence electrons. The Balaban J connectivity index is 1.45. The molecule has 0 fully saturated rings. The van der Waals surface area contributed by atoms with E-state index in [-0.39, 0.29) is 12.3 Å². The van der Waals surface area contributed by atoms with Crippen molar-refractivity contribution >= 4 is 29.7 Å². The number of nitrogens with zero attached hydrogens (tertiary/aromatic N) is 1. The molecular formula is C34H42N2O5. The number of aliphatic carboxylic acids is 1. The zero-order chi connectivity index (χ0) is 29.5. The van der Waals surface area contributed by atoms with E-state index in [1.807, 2.05) is 67.6 Å². The van der Waals surface area contributed by atoms with Crippen LogP contribution in [0.15, 0.2) is 66.7 Å². The molecule has 0 spiro atoms. The third kappa shape index (κ3) is 10.2. The normalized spacial score (nSPS) is 11.5. The summed E-state index contributed by atoms with van der Waals surface area (Å²) >= 11 is 0. The maximum Gasteiger partial charge on any atom is 0.310 e. The smallest absolute Gasteiger partial charge is 0.310 e. The number of nitrogens with one attached hydrogen (secondary N) is 1. The third-order valence-corrected chi connectivity index (χ3v) is 7.24. The average Bonchev–Trinajstić information content (AvgIpc) is 2.98. The first-order chi connectivity index (χ1) is 19.9. The predicted molar refractivity (Wildman–Crippen MR) is 164 cm³/mol. The van der Waals surface area contributed by atoms with Gasteiger partial charge in [0.25, 0.3) is 0 Å². The van der Waals surface area contributed by atoms with Gasteiger partial charge in [0.2, 0.25) is 5.91 Å². The highest BCUT2D eigenvalue weighted by atomic mass is 16.5. The molecule has 7 nitrogen and oxygen atoms in total. The minimum absolute atomic E-state index is 0.0586. The number of aryl methyl sites for hydroxylation is 1. The Morgan fingerprint density at radius 2 is 1.71 bits per heavy atom. The molecule has 0 bridgehead atoms. The standard InChI is InChI=1S/C34H42N2O5/c1-4-34(5-2,33(38)39)24-32(37)36-29-14-9-12-27(23-29)16-19-28-13-10-15-30(35-28)25-40-22-8-7-11-26-17-20-31(21-18-26)41-6-3/h9-10,12-21,23H,4-8,11,22,24-25H2,1-3H3,(H,36,37)(H,38,39). The molecule has 0 saturated carbocycles. The van der Waals surface area contributed by atoms with Crippen molar-refractivity contribution in [3.05, 3.63) is 89.2 Å². The predicted octanol–water partition coefficient (Wildman–Crippen LogP) is 7.41. The minimum atomic E-state index is -1.04. The molecule has 1 heterocycles. The molecule has 7 heteroatoms. The Morgan fingerprint density at radius 1 is 0.951 bits per heavy atom. The van der Waals surface area contributed by atoms with Crippen LogP contribution in [0.3, 0.4) is 0 Å². The summed E-state index contributed by atoms with van der Waals surface area (Å²) in [5.41, 5.74) is 3.46. The quantitative estimate of drug-likeness (QED) is 0.167. The fourth-order valence-corrected chi connectivity index (χ4v) is 4.59. The summed E-state index contributed by atoms with van der Waals surface area (Å²) in [5, 5.41) is 12.5. The van der Waals surface area contributed by atoms with Crippen molar-refractivity contribution < 1.29 is 24.2 Å². The zero-order valence-corrected chi connectivity index (χ0v) is 24.4. The van der Waals surface area contributed by atoms with E-state index in [4.69, 9.17) is 9.47 Å². The molecule has 0 radical (unpaired) electrons. The molecule has 3 aromatic rings. The molecule has 0 aliphatic rings. The fraction of sp³-hybridized carbons (Fsp3) is 0.382. The van der Waals surface area contributed by atoms with E-state index < -0.39 is 11.4 Å². The first-order valence-electron chi connectivity index (χ1n) is 14.4. The Bertz CT molecular complexity index is 1280. The molecule has 1 aromatic heterocycles. The van der Waals surface area contributed by atoms with Crippen molar-refractivity contribution in [3.8, 4) is 5.75 Å². The number of hydrogen-bond acceptors (Lipinski definition) is 5. The van der Waals surface area contributed by atoms with Gasteiger partial charge in [-0.1, -0.05) is 50.3 Å². The molecule has 0 unspecified atom stereocenters. The Kier molecular flexibility index (Phi) is 12.6. The topological polar surface area (TPSA) is 97.8 Å². The van der Waals surface area contributed by atoms with E-state index in [1.54, 1.807) is 19.9 Å². The summed E-state index contributed by atoms with van der Waals surface area (Å²) in [7, 11) is 0. The zero-order valence-electron chi connectivity index (χ0n) is 24.4. The molecule has 2 N–H and O–H groups in total. The van der Waals surface area contributed by atoms with E-state index in [0.29, 0.717) is 38.3 Å². The van der Waals surface area contributed by atoms with Crippen molar-refractivity contribution in [1.82, 2.24) is 4.98 Å². The minimum Gasteiger partial charge on any atom is -0.494 e. The van der Waals surface area contributed by atoms with Gasteiger partial charge in [-0.25, -0.2) is 0 Å². The van der Waals surface area contributed by atoms with Crippen molar-refractivity contribution in [2.75, 3.05) is 18.5 Å². The molecule has 41 heavy (non-hydrogen) atoms. The van der Waals surface area contributed by atoms with E-state index in [2.05, 4.69) is 22.4 Å². The van der Waals surface area contributed by atoms with Crippen LogP contribution in [0.5, 0.6) is 5.75 Å². The molecule has 2 aromatic carbocycles. The number of carbonyl (C=O) groups is 2. The number of rotatable bonds is 17. The van der Waals surface area contributed by atoms with Gasteiger partial charge >= 0.3 is 5.97 Å². The molecule has 3 rings (SSSR count).